The van der Waals surface area contributed by atoms with Gasteiger partial charge in [0.05, 0.1) is 5.60 Å². The largest absolute Gasteiger partial charge is 0.375 e. The van der Waals surface area contributed by atoms with Crippen molar-refractivity contribution in [3.63, 3.8) is 0 Å². The molecule has 2 saturated carbocycles. The van der Waals surface area contributed by atoms with Gasteiger partial charge in [-0.3, -0.25) is 0 Å². The maximum absolute atomic E-state index is 6.17. The Morgan fingerprint density at radius 1 is 1.19 bits per heavy atom. The standard InChI is InChI=1S/C19H35NO/c1-3-10-20-14-17-6-5-15(2)12-18(17)16-7-11-21-19(13-16)8-4-9-19/h15-18,20H,3-14H2,1-2H3. The molecule has 1 saturated heterocycles. The summed E-state index contributed by atoms with van der Waals surface area (Å²) in [6.45, 7) is 8.23. The summed E-state index contributed by atoms with van der Waals surface area (Å²) in [6.07, 6.45) is 12.4. The van der Waals surface area contributed by atoms with E-state index in [1.165, 1.54) is 70.9 Å². The highest BCUT2D eigenvalue weighted by molar-refractivity contribution is 4.97. The first-order valence-electron chi connectivity index (χ1n) is 9.57. The highest BCUT2D eigenvalue weighted by Crippen LogP contribution is 2.49. The van der Waals surface area contributed by atoms with Gasteiger partial charge >= 0.3 is 0 Å². The molecule has 1 spiro atoms. The molecule has 4 unspecified atom stereocenters. The second-order valence-electron chi connectivity index (χ2n) is 8.18. The Labute approximate surface area is 131 Å². The molecule has 4 atom stereocenters. The summed E-state index contributed by atoms with van der Waals surface area (Å²) in [4.78, 5) is 0. The molecule has 0 bridgehead atoms. The molecule has 0 aromatic carbocycles. The average Bonchev–Trinajstić information content (AvgIpc) is 2.47. The molecule has 0 aromatic heterocycles. The summed E-state index contributed by atoms with van der Waals surface area (Å²) in [5, 5.41) is 3.71. The van der Waals surface area contributed by atoms with Gasteiger partial charge in [-0.25, -0.2) is 0 Å². The minimum absolute atomic E-state index is 0.324. The normalized spacial score (nSPS) is 39.1. The van der Waals surface area contributed by atoms with E-state index >= 15 is 0 Å². The lowest BCUT2D eigenvalue weighted by atomic mass is 9.62. The quantitative estimate of drug-likeness (QED) is 0.759. The minimum atomic E-state index is 0.324. The minimum Gasteiger partial charge on any atom is -0.375 e. The van der Waals surface area contributed by atoms with Crippen LogP contribution in [0.4, 0.5) is 0 Å². The first-order valence-corrected chi connectivity index (χ1v) is 9.57. The van der Waals surface area contributed by atoms with Crippen molar-refractivity contribution in [1.82, 2.24) is 5.32 Å². The maximum Gasteiger partial charge on any atom is 0.0685 e. The SMILES string of the molecule is CCCNCC1CCC(C)CC1C1CCOC2(CCC2)C1. The van der Waals surface area contributed by atoms with E-state index in [0.717, 1.165) is 30.3 Å². The zero-order valence-electron chi connectivity index (χ0n) is 14.2. The van der Waals surface area contributed by atoms with Crippen molar-refractivity contribution in [2.75, 3.05) is 19.7 Å². The van der Waals surface area contributed by atoms with E-state index in [0.29, 0.717) is 5.60 Å². The van der Waals surface area contributed by atoms with E-state index in [4.69, 9.17) is 4.74 Å². The van der Waals surface area contributed by atoms with Gasteiger partial charge in [0.1, 0.15) is 0 Å². The summed E-state index contributed by atoms with van der Waals surface area (Å²) >= 11 is 0. The number of nitrogens with one attached hydrogen (secondary N) is 1. The predicted octanol–water partition coefficient (Wildman–Crippen LogP) is 4.39. The second kappa shape index (κ2) is 7.00. The molecule has 3 rings (SSSR count). The molecule has 0 aromatic rings. The van der Waals surface area contributed by atoms with Crippen LogP contribution in [-0.4, -0.2) is 25.3 Å². The third-order valence-corrected chi connectivity index (χ3v) is 6.54. The van der Waals surface area contributed by atoms with Crippen LogP contribution in [0.25, 0.3) is 0 Å². The van der Waals surface area contributed by atoms with Crippen LogP contribution in [0, 0.1) is 23.7 Å². The maximum atomic E-state index is 6.17. The number of hydrogen-bond donors (Lipinski definition) is 1. The van der Waals surface area contributed by atoms with E-state index in [-0.39, 0.29) is 0 Å². The molecule has 0 amide bonds. The molecule has 3 aliphatic rings. The van der Waals surface area contributed by atoms with Crippen LogP contribution in [0.5, 0.6) is 0 Å². The Balaban J connectivity index is 1.60. The van der Waals surface area contributed by atoms with Crippen molar-refractivity contribution in [2.45, 2.75) is 77.2 Å². The van der Waals surface area contributed by atoms with Crippen molar-refractivity contribution >= 4 is 0 Å². The van der Waals surface area contributed by atoms with Crippen LogP contribution in [-0.2, 0) is 4.74 Å². The van der Waals surface area contributed by atoms with E-state index < -0.39 is 0 Å². The molecule has 1 aliphatic heterocycles. The molecule has 3 fully saturated rings. The monoisotopic (exact) mass is 293 g/mol. The molecule has 2 nitrogen and oxygen atoms in total. The Morgan fingerprint density at radius 2 is 2.05 bits per heavy atom. The Kier molecular flexibility index (Phi) is 5.27. The van der Waals surface area contributed by atoms with E-state index in [1.54, 1.807) is 0 Å². The van der Waals surface area contributed by atoms with Crippen molar-refractivity contribution in [3.05, 3.63) is 0 Å². The number of ether oxygens (including phenoxy) is 1. The average molecular weight is 293 g/mol. The van der Waals surface area contributed by atoms with Gasteiger partial charge in [0, 0.05) is 6.61 Å². The molecular weight excluding hydrogens is 258 g/mol. The molecule has 1 heterocycles. The van der Waals surface area contributed by atoms with Crippen molar-refractivity contribution in [3.8, 4) is 0 Å². The van der Waals surface area contributed by atoms with Crippen LogP contribution in [0.1, 0.15) is 71.6 Å². The number of hydrogen-bond acceptors (Lipinski definition) is 2. The highest BCUT2D eigenvalue weighted by atomic mass is 16.5. The van der Waals surface area contributed by atoms with Crippen molar-refractivity contribution in [1.29, 1.82) is 0 Å². The summed E-state index contributed by atoms with van der Waals surface area (Å²) in [7, 11) is 0. The van der Waals surface area contributed by atoms with Gasteiger partial charge in [0.25, 0.3) is 0 Å². The lowest BCUT2D eigenvalue weighted by Crippen LogP contribution is -2.49. The number of rotatable bonds is 5. The lowest BCUT2D eigenvalue weighted by molar-refractivity contribution is -0.155. The summed E-state index contributed by atoms with van der Waals surface area (Å²) in [6, 6.07) is 0. The fourth-order valence-electron chi connectivity index (χ4n) is 5.13. The van der Waals surface area contributed by atoms with Gasteiger partial charge in [-0.15, -0.1) is 0 Å². The highest BCUT2D eigenvalue weighted by Gasteiger charge is 2.46. The molecule has 2 aliphatic carbocycles. The van der Waals surface area contributed by atoms with Crippen LogP contribution in [0.2, 0.25) is 0 Å². The second-order valence-corrected chi connectivity index (χ2v) is 8.18. The zero-order chi connectivity index (χ0) is 14.7. The fraction of sp³-hybridized carbons (Fsp3) is 1.00. The molecule has 21 heavy (non-hydrogen) atoms. The Hall–Kier alpha value is -0.0800. The topological polar surface area (TPSA) is 21.3 Å². The molecule has 2 heteroatoms. The summed E-state index contributed by atoms with van der Waals surface area (Å²) < 4.78 is 6.17. The Morgan fingerprint density at radius 3 is 2.76 bits per heavy atom. The predicted molar refractivity (Wildman–Crippen MR) is 88.4 cm³/mol. The molecular formula is C19H35NO. The fourth-order valence-corrected chi connectivity index (χ4v) is 5.13. The zero-order valence-corrected chi connectivity index (χ0v) is 14.2. The summed E-state index contributed by atoms with van der Waals surface area (Å²) in [5.74, 6) is 3.76. The Bertz CT molecular complexity index is 326. The first-order chi connectivity index (χ1) is 10.2. The van der Waals surface area contributed by atoms with Gasteiger partial charge in [-0.1, -0.05) is 20.3 Å². The van der Waals surface area contributed by atoms with Crippen molar-refractivity contribution in [2.24, 2.45) is 23.7 Å². The van der Waals surface area contributed by atoms with Gasteiger partial charge in [-0.05, 0) is 88.1 Å². The van der Waals surface area contributed by atoms with Gasteiger partial charge in [0.15, 0.2) is 0 Å². The van der Waals surface area contributed by atoms with E-state index in [2.05, 4.69) is 19.2 Å². The molecule has 1 N–H and O–H groups in total. The van der Waals surface area contributed by atoms with Crippen LogP contribution in [0.3, 0.4) is 0 Å². The van der Waals surface area contributed by atoms with Crippen LogP contribution >= 0.6 is 0 Å². The lowest BCUT2D eigenvalue weighted by Gasteiger charge is -2.51. The van der Waals surface area contributed by atoms with Crippen LogP contribution < -0.4 is 5.32 Å². The summed E-state index contributed by atoms with van der Waals surface area (Å²) in [5.41, 5.74) is 0.324. The van der Waals surface area contributed by atoms with Gasteiger partial charge in [-0.2, -0.15) is 0 Å². The van der Waals surface area contributed by atoms with Crippen molar-refractivity contribution < 1.29 is 4.74 Å². The van der Waals surface area contributed by atoms with E-state index in [1.807, 2.05) is 0 Å². The molecule has 0 radical (unpaired) electrons. The van der Waals surface area contributed by atoms with E-state index in [9.17, 15) is 0 Å². The van der Waals surface area contributed by atoms with Gasteiger partial charge in [0.2, 0.25) is 0 Å². The third kappa shape index (κ3) is 3.64. The third-order valence-electron chi connectivity index (χ3n) is 6.54. The van der Waals surface area contributed by atoms with Gasteiger partial charge < -0.3 is 10.1 Å². The molecule has 122 valence electrons. The first kappa shape index (κ1) is 15.8. The smallest absolute Gasteiger partial charge is 0.0685 e. The van der Waals surface area contributed by atoms with Crippen LogP contribution in [0.15, 0.2) is 0 Å².